The van der Waals surface area contributed by atoms with Gasteiger partial charge in [-0.1, -0.05) is 15.9 Å². The van der Waals surface area contributed by atoms with Crippen molar-refractivity contribution in [3.05, 3.63) is 58.3 Å². The molecule has 0 radical (unpaired) electrons. The van der Waals surface area contributed by atoms with Crippen LogP contribution in [0.2, 0.25) is 0 Å². The van der Waals surface area contributed by atoms with Crippen molar-refractivity contribution in [1.82, 2.24) is 4.98 Å². The molecule has 6 heteroatoms. The Morgan fingerprint density at radius 1 is 1.32 bits per heavy atom. The molecule has 0 fully saturated rings. The second-order valence-corrected chi connectivity index (χ2v) is 4.45. The molecule has 1 heterocycles. The monoisotopic (exact) mass is 327 g/mol. The fourth-order valence-corrected chi connectivity index (χ4v) is 1.93. The highest BCUT2D eigenvalue weighted by molar-refractivity contribution is 9.10. The van der Waals surface area contributed by atoms with E-state index in [1.807, 2.05) is 0 Å². The van der Waals surface area contributed by atoms with Gasteiger partial charge in [0, 0.05) is 28.0 Å². The third-order valence-electron chi connectivity index (χ3n) is 2.33. The number of alkyl halides is 2. The predicted molar refractivity (Wildman–Crippen MR) is 68.4 cm³/mol. The SMILES string of the molecule is O=C(c1cccnc1)c1cc(OC(F)F)ccc1Br. The second-order valence-electron chi connectivity index (χ2n) is 3.59. The molecule has 3 nitrogen and oxygen atoms in total. The van der Waals surface area contributed by atoms with Crippen LogP contribution in [-0.2, 0) is 0 Å². The van der Waals surface area contributed by atoms with Crippen LogP contribution in [0.1, 0.15) is 15.9 Å². The van der Waals surface area contributed by atoms with Crippen LogP contribution in [0.5, 0.6) is 5.75 Å². The number of carbonyl (C=O) groups is 1. The van der Waals surface area contributed by atoms with Crippen LogP contribution < -0.4 is 4.74 Å². The summed E-state index contributed by atoms with van der Waals surface area (Å²) in [5.74, 6) is -0.384. The summed E-state index contributed by atoms with van der Waals surface area (Å²) in [4.78, 5) is 16.0. The number of pyridine rings is 1. The van der Waals surface area contributed by atoms with Crippen LogP contribution in [0.25, 0.3) is 0 Å². The molecule has 0 saturated carbocycles. The Morgan fingerprint density at radius 2 is 2.11 bits per heavy atom. The normalized spacial score (nSPS) is 10.5. The third kappa shape index (κ3) is 3.35. The van der Waals surface area contributed by atoms with Crippen molar-refractivity contribution in [2.45, 2.75) is 6.61 Å². The van der Waals surface area contributed by atoms with Gasteiger partial charge in [-0.3, -0.25) is 9.78 Å². The van der Waals surface area contributed by atoms with E-state index in [4.69, 9.17) is 0 Å². The summed E-state index contributed by atoms with van der Waals surface area (Å²) in [5.41, 5.74) is 0.614. The zero-order valence-corrected chi connectivity index (χ0v) is 11.1. The van der Waals surface area contributed by atoms with Crippen LogP contribution in [-0.4, -0.2) is 17.4 Å². The van der Waals surface area contributed by atoms with Gasteiger partial charge in [-0.15, -0.1) is 0 Å². The lowest BCUT2D eigenvalue weighted by Crippen LogP contribution is -2.06. The van der Waals surface area contributed by atoms with E-state index >= 15 is 0 Å². The van der Waals surface area contributed by atoms with E-state index in [0.717, 1.165) is 0 Å². The van der Waals surface area contributed by atoms with Gasteiger partial charge in [0.1, 0.15) is 5.75 Å². The van der Waals surface area contributed by atoms with E-state index in [9.17, 15) is 13.6 Å². The molecule has 0 saturated heterocycles. The molecule has 98 valence electrons. The maximum Gasteiger partial charge on any atom is 0.387 e. The number of halogens is 3. The molecular formula is C13H8BrF2NO2. The lowest BCUT2D eigenvalue weighted by atomic mass is 10.1. The number of carbonyl (C=O) groups excluding carboxylic acids is 1. The van der Waals surface area contributed by atoms with E-state index in [1.54, 1.807) is 18.3 Å². The third-order valence-corrected chi connectivity index (χ3v) is 3.02. The summed E-state index contributed by atoms with van der Waals surface area (Å²) >= 11 is 3.21. The Labute approximate surface area is 116 Å². The number of hydrogen-bond donors (Lipinski definition) is 0. The van der Waals surface area contributed by atoms with Gasteiger partial charge in [0.2, 0.25) is 0 Å². The molecule has 0 bridgehead atoms. The maximum atomic E-state index is 12.2. The first-order chi connectivity index (χ1) is 9.08. The minimum atomic E-state index is -2.93. The Hall–Kier alpha value is -1.82. The molecule has 0 aliphatic heterocycles. The molecule has 1 aromatic heterocycles. The van der Waals surface area contributed by atoms with Crippen molar-refractivity contribution in [3.8, 4) is 5.75 Å². The van der Waals surface area contributed by atoms with Gasteiger partial charge >= 0.3 is 6.61 Å². The van der Waals surface area contributed by atoms with Gasteiger partial charge in [-0.05, 0) is 30.3 Å². The van der Waals surface area contributed by atoms with Crippen LogP contribution in [0, 0.1) is 0 Å². The van der Waals surface area contributed by atoms with Crippen LogP contribution in [0.15, 0.2) is 47.2 Å². The summed E-state index contributed by atoms with van der Waals surface area (Å²) in [6.45, 7) is -2.93. The molecule has 0 aliphatic carbocycles. The van der Waals surface area contributed by atoms with E-state index in [0.29, 0.717) is 10.0 Å². The van der Waals surface area contributed by atoms with Crippen LogP contribution >= 0.6 is 15.9 Å². The minimum absolute atomic E-state index is 0.0644. The number of rotatable bonds is 4. The van der Waals surface area contributed by atoms with E-state index in [2.05, 4.69) is 25.7 Å². The Morgan fingerprint density at radius 3 is 2.74 bits per heavy atom. The number of nitrogens with zero attached hydrogens (tertiary/aromatic N) is 1. The number of ketones is 1. The molecule has 2 rings (SSSR count). The Kier molecular flexibility index (Phi) is 4.21. The topological polar surface area (TPSA) is 39.2 Å². The summed E-state index contributed by atoms with van der Waals surface area (Å²) in [6, 6.07) is 7.34. The first-order valence-electron chi connectivity index (χ1n) is 5.27. The van der Waals surface area contributed by atoms with Crippen molar-refractivity contribution < 1.29 is 18.3 Å². The van der Waals surface area contributed by atoms with Crippen LogP contribution in [0.3, 0.4) is 0 Å². The molecule has 19 heavy (non-hydrogen) atoms. The first kappa shape index (κ1) is 13.6. The summed E-state index contributed by atoms with van der Waals surface area (Å²) in [6.07, 6.45) is 2.96. The minimum Gasteiger partial charge on any atom is -0.435 e. The lowest BCUT2D eigenvalue weighted by molar-refractivity contribution is -0.0498. The molecule has 0 aliphatic rings. The second kappa shape index (κ2) is 5.88. The molecule has 1 aromatic carbocycles. The largest absolute Gasteiger partial charge is 0.435 e. The molecular weight excluding hydrogens is 320 g/mol. The standard InChI is InChI=1S/C13H8BrF2NO2/c14-11-4-3-9(19-13(15)16)6-10(11)12(18)8-2-1-5-17-7-8/h1-7,13H. The molecule has 0 unspecified atom stereocenters. The van der Waals surface area contributed by atoms with Crippen molar-refractivity contribution in [2.24, 2.45) is 0 Å². The summed E-state index contributed by atoms with van der Waals surface area (Å²) in [7, 11) is 0. The zero-order chi connectivity index (χ0) is 13.8. The van der Waals surface area contributed by atoms with Crippen LogP contribution in [0.4, 0.5) is 8.78 Å². The van der Waals surface area contributed by atoms with E-state index in [-0.39, 0.29) is 17.1 Å². The number of aromatic nitrogens is 1. The lowest BCUT2D eigenvalue weighted by Gasteiger charge is -2.08. The Balaban J connectivity index is 2.36. The van der Waals surface area contributed by atoms with Crippen molar-refractivity contribution in [1.29, 1.82) is 0 Å². The maximum absolute atomic E-state index is 12.2. The van der Waals surface area contributed by atoms with Crippen molar-refractivity contribution in [2.75, 3.05) is 0 Å². The van der Waals surface area contributed by atoms with Crippen molar-refractivity contribution >= 4 is 21.7 Å². The highest BCUT2D eigenvalue weighted by Crippen LogP contribution is 2.25. The number of benzene rings is 1. The predicted octanol–water partition coefficient (Wildman–Crippen LogP) is 3.68. The quantitative estimate of drug-likeness (QED) is 0.804. The average Bonchev–Trinajstić information content (AvgIpc) is 2.40. The van der Waals surface area contributed by atoms with Gasteiger partial charge in [0.25, 0.3) is 0 Å². The van der Waals surface area contributed by atoms with Gasteiger partial charge in [-0.2, -0.15) is 8.78 Å². The Bertz CT molecular complexity index is 590. The fourth-order valence-electron chi connectivity index (χ4n) is 1.51. The first-order valence-corrected chi connectivity index (χ1v) is 6.06. The molecule has 0 spiro atoms. The fraction of sp³-hybridized carbons (Fsp3) is 0.0769. The van der Waals surface area contributed by atoms with Gasteiger partial charge in [-0.25, -0.2) is 0 Å². The molecule has 0 atom stereocenters. The summed E-state index contributed by atoms with van der Waals surface area (Å²) in [5, 5.41) is 0. The smallest absolute Gasteiger partial charge is 0.387 e. The average molecular weight is 328 g/mol. The number of hydrogen-bond acceptors (Lipinski definition) is 3. The molecule has 0 amide bonds. The molecule has 0 N–H and O–H groups in total. The summed E-state index contributed by atoms with van der Waals surface area (Å²) < 4.78 is 29.1. The van der Waals surface area contributed by atoms with Gasteiger partial charge < -0.3 is 4.74 Å². The van der Waals surface area contributed by atoms with E-state index < -0.39 is 6.61 Å². The van der Waals surface area contributed by atoms with Gasteiger partial charge in [0.15, 0.2) is 5.78 Å². The number of ether oxygens (including phenoxy) is 1. The van der Waals surface area contributed by atoms with E-state index in [1.165, 1.54) is 24.4 Å². The van der Waals surface area contributed by atoms with Gasteiger partial charge in [0.05, 0.1) is 0 Å². The highest BCUT2D eigenvalue weighted by atomic mass is 79.9. The zero-order valence-electron chi connectivity index (χ0n) is 9.52. The molecule has 2 aromatic rings. The van der Waals surface area contributed by atoms with Crippen molar-refractivity contribution in [3.63, 3.8) is 0 Å². The highest BCUT2D eigenvalue weighted by Gasteiger charge is 2.15.